The number of halogens is 1. The zero-order chi connectivity index (χ0) is 14.0. The first-order chi connectivity index (χ1) is 9.65. The van der Waals surface area contributed by atoms with Gasteiger partial charge < -0.3 is 10.5 Å². The number of ether oxygens (including phenoxy) is 1. The molecule has 1 aliphatic rings. The number of benzene rings is 2. The summed E-state index contributed by atoms with van der Waals surface area (Å²) in [6.07, 6.45) is 2.68. The number of hydrogen-bond donors (Lipinski definition) is 1. The van der Waals surface area contributed by atoms with Crippen molar-refractivity contribution in [2.24, 2.45) is 5.73 Å². The zero-order valence-electron chi connectivity index (χ0n) is 11.3. The maximum absolute atomic E-state index is 13.4. The lowest BCUT2D eigenvalue weighted by molar-refractivity contribution is 0.301. The predicted molar refractivity (Wildman–Crippen MR) is 77.0 cm³/mol. The van der Waals surface area contributed by atoms with Crippen LogP contribution in [-0.4, -0.2) is 5.54 Å². The molecule has 1 aliphatic carbocycles. The summed E-state index contributed by atoms with van der Waals surface area (Å²) in [5, 5.41) is 0. The summed E-state index contributed by atoms with van der Waals surface area (Å²) in [6.45, 7) is 0.483. The monoisotopic (exact) mass is 271 g/mol. The van der Waals surface area contributed by atoms with Gasteiger partial charge in [0.05, 0.1) is 0 Å². The van der Waals surface area contributed by atoms with Gasteiger partial charge in [0.1, 0.15) is 18.2 Å². The van der Waals surface area contributed by atoms with Crippen molar-refractivity contribution in [1.29, 1.82) is 0 Å². The van der Waals surface area contributed by atoms with Gasteiger partial charge in [0.25, 0.3) is 0 Å². The first-order valence-corrected chi connectivity index (χ1v) is 6.89. The van der Waals surface area contributed by atoms with Crippen LogP contribution < -0.4 is 10.5 Å². The van der Waals surface area contributed by atoms with Crippen molar-refractivity contribution in [1.82, 2.24) is 0 Å². The van der Waals surface area contributed by atoms with E-state index in [1.165, 1.54) is 12.1 Å². The van der Waals surface area contributed by atoms with Crippen LogP contribution in [0.5, 0.6) is 5.75 Å². The normalized spacial score (nSPS) is 15.9. The first kappa shape index (κ1) is 13.1. The van der Waals surface area contributed by atoms with E-state index < -0.39 is 0 Å². The van der Waals surface area contributed by atoms with Crippen LogP contribution in [-0.2, 0) is 13.0 Å². The summed E-state index contributed by atoms with van der Waals surface area (Å²) in [5.41, 5.74) is 7.93. The number of nitrogens with two attached hydrogens (primary N) is 1. The Kier molecular flexibility index (Phi) is 3.45. The highest BCUT2D eigenvalue weighted by Gasteiger charge is 2.38. The molecular weight excluding hydrogens is 253 g/mol. The molecule has 2 aromatic carbocycles. The predicted octanol–water partition coefficient (Wildman–Crippen LogP) is 3.44. The van der Waals surface area contributed by atoms with Gasteiger partial charge in [0.2, 0.25) is 0 Å². The van der Waals surface area contributed by atoms with Gasteiger partial charge in [-0.05, 0) is 48.6 Å². The fourth-order valence-electron chi connectivity index (χ4n) is 2.28. The minimum absolute atomic E-state index is 0.154. The second kappa shape index (κ2) is 5.25. The van der Waals surface area contributed by atoms with Crippen LogP contribution in [0.25, 0.3) is 0 Å². The van der Waals surface area contributed by atoms with Crippen molar-refractivity contribution in [3.63, 3.8) is 0 Å². The van der Waals surface area contributed by atoms with E-state index in [9.17, 15) is 4.39 Å². The van der Waals surface area contributed by atoms with Crippen LogP contribution in [0.15, 0.2) is 48.5 Å². The van der Waals surface area contributed by atoms with Gasteiger partial charge >= 0.3 is 0 Å². The van der Waals surface area contributed by atoms with Crippen molar-refractivity contribution in [2.75, 3.05) is 0 Å². The van der Waals surface area contributed by atoms with Gasteiger partial charge in [0, 0.05) is 5.54 Å². The summed E-state index contributed by atoms with van der Waals surface area (Å²) >= 11 is 0. The van der Waals surface area contributed by atoms with Crippen molar-refractivity contribution in [2.45, 2.75) is 31.4 Å². The Morgan fingerprint density at radius 3 is 2.55 bits per heavy atom. The minimum atomic E-state index is -0.240. The standard InChI is InChI=1S/C17H18FNO/c18-15-6-7-16(14(10-15)11-17(19)8-9-17)20-12-13-4-2-1-3-5-13/h1-7,10H,8-9,11-12,19H2. The summed E-state index contributed by atoms with van der Waals surface area (Å²) in [7, 11) is 0. The summed E-state index contributed by atoms with van der Waals surface area (Å²) in [5.74, 6) is 0.489. The highest BCUT2D eigenvalue weighted by molar-refractivity contribution is 5.36. The van der Waals surface area contributed by atoms with Gasteiger partial charge in [0.15, 0.2) is 0 Å². The third-order valence-electron chi connectivity index (χ3n) is 3.69. The Bertz CT molecular complexity index is 593. The van der Waals surface area contributed by atoms with Gasteiger partial charge in [-0.15, -0.1) is 0 Å². The van der Waals surface area contributed by atoms with Gasteiger partial charge in [-0.2, -0.15) is 0 Å². The molecule has 1 saturated carbocycles. The van der Waals surface area contributed by atoms with Crippen LogP contribution in [0.3, 0.4) is 0 Å². The van der Waals surface area contributed by atoms with E-state index in [0.717, 1.165) is 29.7 Å². The lowest BCUT2D eigenvalue weighted by Crippen LogP contribution is -2.24. The van der Waals surface area contributed by atoms with Crippen LogP contribution in [0.2, 0.25) is 0 Å². The van der Waals surface area contributed by atoms with Crippen molar-refractivity contribution in [3.8, 4) is 5.75 Å². The quantitative estimate of drug-likeness (QED) is 0.904. The molecule has 0 saturated heterocycles. The zero-order valence-corrected chi connectivity index (χ0v) is 11.3. The average molecular weight is 271 g/mol. The minimum Gasteiger partial charge on any atom is -0.489 e. The fourth-order valence-corrected chi connectivity index (χ4v) is 2.28. The SMILES string of the molecule is NC1(Cc2cc(F)ccc2OCc2ccccc2)CC1. The summed E-state index contributed by atoms with van der Waals surface area (Å²) in [6, 6.07) is 14.6. The summed E-state index contributed by atoms with van der Waals surface area (Å²) < 4.78 is 19.2. The Hall–Kier alpha value is -1.87. The van der Waals surface area contributed by atoms with Crippen molar-refractivity contribution in [3.05, 3.63) is 65.5 Å². The van der Waals surface area contributed by atoms with E-state index in [0.29, 0.717) is 13.0 Å². The third kappa shape index (κ3) is 3.17. The van der Waals surface area contributed by atoms with Crippen molar-refractivity contribution < 1.29 is 9.13 Å². The average Bonchev–Trinajstić information content (AvgIpc) is 3.16. The Morgan fingerprint density at radius 2 is 1.85 bits per heavy atom. The lowest BCUT2D eigenvalue weighted by atomic mass is 10.0. The highest BCUT2D eigenvalue weighted by atomic mass is 19.1. The fraction of sp³-hybridized carbons (Fsp3) is 0.294. The second-order valence-corrected chi connectivity index (χ2v) is 5.57. The van der Waals surface area contributed by atoms with E-state index >= 15 is 0 Å². The largest absolute Gasteiger partial charge is 0.489 e. The lowest BCUT2D eigenvalue weighted by Gasteiger charge is -2.14. The van der Waals surface area contributed by atoms with Crippen molar-refractivity contribution >= 4 is 0 Å². The van der Waals surface area contributed by atoms with E-state index in [1.807, 2.05) is 30.3 Å². The van der Waals surface area contributed by atoms with Gasteiger partial charge in [-0.1, -0.05) is 30.3 Å². The number of hydrogen-bond acceptors (Lipinski definition) is 2. The molecule has 3 rings (SSSR count). The Morgan fingerprint density at radius 1 is 1.10 bits per heavy atom. The topological polar surface area (TPSA) is 35.2 Å². The second-order valence-electron chi connectivity index (χ2n) is 5.57. The molecule has 0 spiro atoms. The molecule has 0 bridgehead atoms. The molecule has 0 aliphatic heterocycles. The third-order valence-corrected chi connectivity index (χ3v) is 3.69. The molecule has 0 heterocycles. The number of rotatable bonds is 5. The molecule has 0 atom stereocenters. The molecular formula is C17H18FNO. The Balaban J connectivity index is 1.74. The molecule has 0 unspecified atom stereocenters. The van der Waals surface area contributed by atoms with E-state index in [1.54, 1.807) is 6.07 Å². The van der Waals surface area contributed by atoms with Crippen LogP contribution >= 0.6 is 0 Å². The molecule has 2 N–H and O–H groups in total. The first-order valence-electron chi connectivity index (χ1n) is 6.89. The molecule has 0 radical (unpaired) electrons. The molecule has 1 fully saturated rings. The van der Waals surface area contributed by atoms with E-state index in [-0.39, 0.29) is 11.4 Å². The smallest absolute Gasteiger partial charge is 0.123 e. The highest BCUT2D eigenvalue weighted by Crippen LogP contribution is 2.38. The van der Waals surface area contributed by atoms with Gasteiger partial charge in [-0.25, -0.2) is 4.39 Å². The molecule has 2 aromatic rings. The summed E-state index contributed by atoms with van der Waals surface area (Å²) in [4.78, 5) is 0. The maximum Gasteiger partial charge on any atom is 0.123 e. The molecule has 104 valence electrons. The van der Waals surface area contributed by atoms with Crippen LogP contribution in [0, 0.1) is 5.82 Å². The molecule has 20 heavy (non-hydrogen) atoms. The van der Waals surface area contributed by atoms with Crippen LogP contribution in [0.1, 0.15) is 24.0 Å². The maximum atomic E-state index is 13.4. The Labute approximate surface area is 118 Å². The molecule has 3 heteroatoms. The molecule has 0 aromatic heterocycles. The van der Waals surface area contributed by atoms with Crippen LogP contribution in [0.4, 0.5) is 4.39 Å². The molecule has 0 amide bonds. The van der Waals surface area contributed by atoms with E-state index in [2.05, 4.69) is 0 Å². The van der Waals surface area contributed by atoms with E-state index in [4.69, 9.17) is 10.5 Å². The molecule has 2 nitrogen and oxygen atoms in total. The van der Waals surface area contributed by atoms with Gasteiger partial charge in [-0.3, -0.25) is 0 Å².